The van der Waals surface area contributed by atoms with Crippen molar-refractivity contribution in [2.24, 2.45) is 0 Å². The molecule has 0 unspecified atom stereocenters. The fourth-order valence-corrected chi connectivity index (χ4v) is 2.66. The van der Waals surface area contributed by atoms with Crippen LogP contribution in [0.5, 0.6) is 5.75 Å². The van der Waals surface area contributed by atoms with Crippen molar-refractivity contribution in [3.8, 4) is 5.75 Å². The molecule has 3 nitrogen and oxygen atoms in total. The molecule has 0 spiro atoms. The molecule has 26 heavy (non-hydrogen) atoms. The maximum absolute atomic E-state index is 13.0. The van der Waals surface area contributed by atoms with Gasteiger partial charge in [0.05, 0.1) is 6.04 Å². The molecular weight excluding hydrogens is 329 g/mol. The molecule has 0 aliphatic heterocycles. The maximum atomic E-state index is 13.0. The highest BCUT2D eigenvalue weighted by molar-refractivity contribution is 5.55. The molecule has 0 fully saturated rings. The molecular formula is C22H20FNO2. The van der Waals surface area contributed by atoms with Gasteiger partial charge in [0.25, 0.3) is 0 Å². The lowest BCUT2D eigenvalue weighted by Crippen LogP contribution is -2.11. The predicted octanol–water partition coefficient (Wildman–Crippen LogP) is 5.15. The Labute approximate surface area is 152 Å². The molecule has 4 heteroatoms. The molecule has 0 aromatic heterocycles. The molecule has 0 radical (unpaired) electrons. The van der Waals surface area contributed by atoms with Crippen molar-refractivity contribution >= 4 is 12.0 Å². The first-order valence-corrected chi connectivity index (χ1v) is 8.47. The molecule has 3 rings (SSSR count). The fourth-order valence-electron chi connectivity index (χ4n) is 2.66. The number of benzene rings is 3. The lowest BCUT2D eigenvalue weighted by atomic mass is 10.0. The van der Waals surface area contributed by atoms with Crippen LogP contribution in [-0.2, 0) is 11.4 Å². The van der Waals surface area contributed by atoms with E-state index in [4.69, 9.17) is 4.74 Å². The van der Waals surface area contributed by atoms with E-state index in [0.29, 0.717) is 13.0 Å². The van der Waals surface area contributed by atoms with E-state index in [1.807, 2.05) is 54.6 Å². The van der Waals surface area contributed by atoms with Crippen LogP contribution in [0.3, 0.4) is 0 Å². The summed E-state index contributed by atoms with van der Waals surface area (Å²) in [7, 11) is 0. The second-order valence-electron chi connectivity index (χ2n) is 5.95. The van der Waals surface area contributed by atoms with Gasteiger partial charge in [-0.1, -0.05) is 42.5 Å². The standard InChI is InChI=1S/C22H20FNO2/c23-19-8-10-20(11-9-19)24-22(14-15-25)18-6-12-21(13-7-18)26-16-17-4-2-1-3-5-17/h1-13,15,22,24H,14,16H2/t22-/m0/s1. The summed E-state index contributed by atoms with van der Waals surface area (Å²) in [6.07, 6.45) is 1.20. The molecule has 0 saturated heterocycles. The first-order valence-electron chi connectivity index (χ1n) is 8.47. The highest BCUT2D eigenvalue weighted by Gasteiger charge is 2.11. The van der Waals surface area contributed by atoms with Crippen molar-refractivity contribution in [2.75, 3.05) is 5.32 Å². The zero-order valence-corrected chi connectivity index (χ0v) is 14.3. The van der Waals surface area contributed by atoms with E-state index < -0.39 is 0 Å². The molecule has 0 aliphatic rings. The van der Waals surface area contributed by atoms with Gasteiger partial charge in [-0.05, 0) is 47.5 Å². The minimum atomic E-state index is -0.289. The number of hydrogen-bond donors (Lipinski definition) is 1. The number of anilines is 1. The zero-order chi connectivity index (χ0) is 18.2. The molecule has 0 heterocycles. The van der Waals surface area contributed by atoms with Crippen molar-refractivity contribution in [3.63, 3.8) is 0 Å². The molecule has 3 aromatic carbocycles. The molecule has 0 amide bonds. The minimum Gasteiger partial charge on any atom is -0.489 e. The van der Waals surface area contributed by atoms with Crippen LogP contribution in [0.15, 0.2) is 78.9 Å². The van der Waals surface area contributed by atoms with Crippen molar-refractivity contribution in [1.82, 2.24) is 0 Å². The summed E-state index contributed by atoms with van der Waals surface area (Å²) in [6.45, 7) is 0.506. The third kappa shape index (κ3) is 4.93. The average molecular weight is 349 g/mol. The number of carbonyl (C=O) groups is 1. The lowest BCUT2D eigenvalue weighted by molar-refractivity contribution is -0.108. The largest absolute Gasteiger partial charge is 0.489 e. The summed E-state index contributed by atoms with van der Waals surface area (Å²) in [4.78, 5) is 11.0. The smallest absolute Gasteiger partial charge is 0.123 e. The Bertz CT molecular complexity index is 817. The van der Waals surface area contributed by atoms with Crippen molar-refractivity contribution in [1.29, 1.82) is 0 Å². The summed E-state index contributed by atoms with van der Waals surface area (Å²) in [6, 6.07) is 23.5. The van der Waals surface area contributed by atoms with E-state index in [1.165, 1.54) is 12.1 Å². The first-order chi connectivity index (χ1) is 12.7. The lowest BCUT2D eigenvalue weighted by Gasteiger charge is -2.18. The third-order valence-corrected chi connectivity index (χ3v) is 4.05. The summed E-state index contributed by atoms with van der Waals surface area (Å²) in [5, 5.41) is 3.26. The van der Waals surface area contributed by atoms with Gasteiger partial charge in [-0.3, -0.25) is 0 Å². The Morgan fingerprint density at radius 2 is 1.62 bits per heavy atom. The molecule has 0 aliphatic carbocycles. The maximum Gasteiger partial charge on any atom is 0.123 e. The van der Waals surface area contributed by atoms with Crippen LogP contribution in [0.4, 0.5) is 10.1 Å². The quantitative estimate of drug-likeness (QED) is 0.572. The fraction of sp³-hybridized carbons (Fsp3) is 0.136. The highest BCUT2D eigenvalue weighted by atomic mass is 19.1. The summed E-state index contributed by atoms with van der Waals surface area (Å²) in [5.74, 6) is 0.478. The van der Waals surface area contributed by atoms with E-state index in [-0.39, 0.29) is 11.9 Å². The number of nitrogens with one attached hydrogen (secondary N) is 1. The van der Waals surface area contributed by atoms with Gasteiger partial charge in [0, 0.05) is 12.1 Å². The monoisotopic (exact) mass is 349 g/mol. The molecule has 3 aromatic rings. The van der Waals surface area contributed by atoms with Gasteiger partial charge in [0.1, 0.15) is 24.5 Å². The van der Waals surface area contributed by atoms with Crippen LogP contribution in [0.2, 0.25) is 0 Å². The highest BCUT2D eigenvalue weighted by Crippen LogP contribution is 2.24. The normalized spacial score (nSPS) is 11.6. The van der Waals surface area contributed by atoms with E-state index >= 15 is 0 Å². The Morgan fingerprint density at radius 1 is 0.923 bits per heavy atom. The second kappa shape index (κ2) is 8.81. The summed E-state index contributed by atoms with van der Waals surface area (Å²) < 4.78 is 18.8. The number of ether oxygens (including phenoxy) is 1. The topological polar surface area (TPSA) is 38.3 Å². The Hall–Kier alpha value is -3.14. The molecule has 132 valence electrons. The van der Waals surface area contributed by atoms with Gasteiger partial charge < -0.3 is 14.8 Å². The van der Waals surface area contributed by atoms with Crippen molar-refractivity contribution in [3.05, 3.63) is 95.8 Å². The van der Waals surface area contributed by atoms with Crippen molar-refractivity contribution < 1.29 is 13.9 Å². The number of hydrogen-bond acceptors (Lipinski definition) is 3. The van der Waals surface area contributed by atoms with E-state index in [2.05, 4.69) is 5.32 Å². The summed E-state index contributed by atoms with van der Waals surface area (Å²) in [5.41, 5.74) is 2.84. The molecule has 1 N–H and O–H groups in total. The van der Waals surface area contributed by atoms with Gasteiger partial charge in [-0.25, -0.2) is 4.39 Å². The Kier molecular flexibility index (Phi) is 5.99. The van der Waals surface area contributed by atoms with Gasteiger partial charge >= 0.3 is 0 Å². The first kappa shape index (κ1) is 17.7. The number of aldehydes is 1. The number of halogens is 1. The Morgan fingerprint density at radius 3 is 2.27 bits per heavy atom. The summed E-state index contributed by atoms with van der Waals surface area (Å²) >= 11 is 0. The van der Waals surface area contributed by atoms with E-state index in [0.717, 1.165) is 28.8 Å². The minimum absolute atomic E-state index is 0.180. The second-order valence-corrected chi connectivity index (χ2v) is 5.95. The van der Waals surface area contributed by atoms with E-state index in [1.54, 1.807) is 12.1 Å². The SMILES string of the molecule is O=CC[C@H](Nc1ccc(F)cc1)c1ccc(OCc2ccccc2)cc1. The molecule has 1 atom stereocenters. The number of carbonyl (C=O) groups excluding carboxylic acids is 1. The van der Waals surface area contributed by atoms with Gasteiger partial charge in [0.15, 0.2) is 0 Å². The van der Waals surface area contributed by atoms with Crippen molar-refractivity contribution in [2.45, 2.75) is 19.1 Å². The molecule has 0 saturated carbocycles. The van der Waals surface area contributed by atoms with Crippen LogP contribution in [0.1, 0.15) is 23.6 Å². The van der Waals surface area contributed by atoms with Gasteiger partial charge in [0.2, 0.25) is 0 Å². The van der Waals surface area contributed by atoms with Crippen LogP contribution in [-0.4, -0.2) is 6.29 Å². The molecule has 0 bridgehead atoms. The van der Waals surface area contributed by atoms with Crippen LogP contribution in [0.25, 0.3) is 0 Å². The van der Waals surface area contributed by atoms with Crippen LogP contribution < -0.4 is 10.1 Å². The van der Waals surface area contributed by atoms with Crippen LogP contribution in [0, 0.1) is 5.82 Å². The zero-order valence-electron chi connectivity index (χ0n) is 14.3. The van der Waals surface area contributed by atoms with E-state index in [9.17, 15) is 9.18 Å². The van der Waals surface area contributed by atoms with Crippen LogP contribution >= 0.6 is 0 Å². The average Bonchev–Trinajstić information content (AvgIpc) is 2.69. The third-order valence-electron chi connectivity index (χ3n) is 4.05. The van der Waals surface area contributed by atoms with Gasteiger partial charge in [-0.2, -0.15) is 0 Å². The van der Waals surface area contributed by atoms with Gasteiger partial charge in [-0.15, -0.1) is 0 Å². The number of rotatable bonds is 8. The Balaban J connectivity index is 1.65. The predicted molar refractivity (Wildman–Crippen MR) is 101 cm³/mol.